The van der Waals surface area contributed by atoms with E-state index in [2.05, 4.69) is 10.3 Å². The molecule has 0 amide bonds. The second kappa shape index (κ2) is 4.49. The van der Waals surface area contributed by atoms with Crippen molar-refractivity contribution in [2.45, 2.75) is 37.6 Å². The first kappa shape index (κ1) is 10.8. The topological polar surface area (TPSA) is 38.1 Å². The molecule has 1 aromatic heterocycles. The van der Waals surface area contributed by atoms with Gasteiger partial charge in [-0.1, -0.05) is 12.1 Å². The molecule has 17 heavy (non-hydrogen) atoms. The van der Waals surface area contributed by atoms with E-state index >= 15 is 0 Å². The van der Waals surface area contributed by atoms with Crippen molar-refractivity contribution in [1.82, 2.24) is 10.3 Å². The van der Waals surface area contributed by atoms with Crippen LogP contribution in [0, 0.1) is 0 Å². The molecule has 1 aromatic carbocycles. The van der Waals surface area contributed by atoms with Crippen LogP contribution in [0.2, 0.25) is 0 Å². The highest BCUT2D eigenvalue weighted by atomic mass is 16.3. The lowest BCUT2D eigenvalue weighted by molar-refractivity contribution is 0.322. The Morgan fingerprint density at radius 2 is 1.94 bits per heavy atom. The van der Waals surface area contributed by atoms with Gasteiger partial charge in [-0.05, 0) is 44.9 Å². The summed E-state index contributed by atoms with van der Waals surface area (Å²) in [7, 11) is 2.05. The number of oxazole rings is 1. The van der Waals surface area contributed by atoms with Crippen molar-refractivity contribution >= 4 is 11.1 Å². The van der Waals surface area contributed by atoms with E-state index in [0.29, 0.717) is 12.0 Å². The van der Waals surface area contributed by atoms with E-state index in [1.165, 1.54) is 25.7 Å². The quantitative estimate of drug-likeness (QED) is 0.861. The summed E-state index contributed by atoms with van der Waals surface area (Å²) in [5.74, 6) is 1.44. The molecule has 1 saturated carbocycles. The van der Waals surface area contributed by atoms with Crippen LogP contribution in [0.15, 0.2) is 28.7 Å². The van der Waals surface area contributed by atoms with Crippen LogP contribution in [0.5, 0.6) is 0 Å². The Morgan fingerprint density at radius 1 is 1.18 bits per heavy atom. The van der Waals surface area contributed by atoms with Crippen molar-refractivity contribution in [3.8, 4) is 0 Å². The number of hydrogen-bond donors (Lipinski definition) is 1. The molecular weight excluding hydrogens is 212 g/mol. The zero-order valence-corrected chi connectivity index (χ0v) is 10.1. The summed E-state index contributed by atoms with van der Waals surface area (Å²) in [5.41, 5.74) is 1.90. The van der Waals surface area contributed by atoms with Gasteiger partial charge in [0.1, 0.15) is 5.52 Å². The second-order valence-corrected chi connectivity index (χ2v) is 4.86. The SMILES string of the molecule is CNC1CCC(c2nc3ccccc3o2)CC1. The van der Waals surface area contributed by atoms with Crippen LogP contribution in [0.1, 0.15) is 37.5 Å². The number of rotatable bonds is 2. The molecule has 3 rings (SSSR count). The molecule has 0 saturated heterocycles. The van der Waals surface area contributed by atoms with E-state index in [1.807, 2.05) is 31.3 Å². The summed E-state index contributed by atoms with van der Waals surface area (Å²) in [5, 5.41) is 3.35. The van der Waals surface area contributed by atoms with Crippen LogP contribution in [0.25, 0.3) is 11.1 Å². The number of para-hydroxylation sites is 2. The third kappa shape index (κ3) is 2.07. The summed E-state index contributed by atoms with van der Waals surface area (Å²) in [6, 6.07) is 8.68. The minimum Gasteiger partial charge on any atom is -0.440 e. The lowest BCUT2D eigenvalue weighted by Gasteiger charge is -2.26. The van der Waals surface area contributed by atoms with E-state index in [9.17, 15) is 0 Å². The van der Waals surface area contributed by atoms with Crippen LogP contribution >= 0.6 is 0 Å². The van der Waals surface area contributed by atoms with Gasteiger partial charge in [-0.3, -0.25) is 0 Å². The van der Waals surface area contributed by atoms with Crippen molar-refractivity contribution in [2.24, 2.45) is 0 Å². The molecule has 0 atom stereocenters. The highest BCUT2D eigenvalue weighted by Crippen LogP contribution is 2.33. The van der Waals surface area contributed by atoms with Crippen molar-refractivity contribution in [1.29, 1.82) is 0 Å². The number of benzene rings is 1. The molecule has 3 heteroatoms. The van der Waals surface area contributed by atoms with Gasteiger partial charge in [0.05, 0.1) is 0 Å². The fourth-order valence-corrected chi connectivity index (χ4v) is 2.69. The molecule has 1 aliphatic rings. The van der Waals surface area contributed by atoms with Gasteiger partial charge in [0.15, 0.2) is 11.5 Å². The molecule has 3 nitrogen and oxygen atoms in total. The lowest BCUT2D eigenvalue weighted by Crippen LogP contribution is -2.29. The monoisotopic (exact) mass is 230 g/mol. The standard InChI is InChI=1S/C14H18N2O/c1-15-11-8-6-10(7-9-11)14-16-12-4-2-3-5-13(12)17-14/h2-5,10-11,15H,6-9H2,1H3. The number of nitrogens with one attached hydrogen (secondary N) is 1. The fraction of sp³-hybridized carbons (Fsp3) is 0.500. The maximum Gasteiger partial charge on any atom is 0.198 e. The number of nitrogens with zero attached hydrogens (tertiary/aromatic N) is 1. The third-order valence-corrected chi connectivity index (χ3v) is 3.80. The van der Waals surface area contributed by atoms with Crippen LogP contribution in [0.3, 0.4) is 0 Å². The summed E-state index contributed by atoms with van der Waals surface area (Å²) in [6.45, 7) is 0. The molecule has 1 N–H and O–H groups in total. The van der Waals surface area contributed by atoms with Crippen molar-refractivity contribution < 1.29 is 4.42 Å². The highest BCUT2D eigenvalue weighted by molar-refractivity contribution is 5.72. The van der Waals surface area contributed by atoms with Crippen LogP contribution in [-0.4, -0.2) is 18.1 Å². The fourth-order valence-electron chi connectivity index (χ4n) is 2.69. The normalized spacial score (nSPS) is 25.2. The number of aromatic nitrogens is 1. The van der Waals surface area contributed by atoms with E-state index in [1.54, 1.807) is 0 Å². The molecule has 1 fully saturated rings. The van der Waals surface area contributed by atoms with Gasteiger partial charge in [-0.25, -0.2) is 4.98 Å². The maximum absolute atomic E-state index is 5.84. The molecular formula is C14H18N2O. The highest BCUT2D eigenvalue weighted by Gasteiger charge is 2.24. The van der Waals surface area contributed by atoms with Crippen molar-refractivity contribution in [3.63, 3.8) is 0 Å². The Kier molecular flexibility index (Phi) is 2.85. The van der Waals surface area contributed by atoms with Gasteiger partial charge in [-0.2, -0.15) is 0 Å². The molecule has 90 valence electrons. The van der Waals surface area contributed by atoms with Crippen LogP contribution < -0.4 is 5.32 Å². The van der Waals surface area contributed by atoms with E-state index in [0.717, 1.165) is 17.0 Å². The van der Waals surface area contributed by atoms with Gasteiger partial charge in [0.25, 0.3) is 0 Å². The smallest absolute Gasteiger partial charge is 0.198 e. The number of hydrogen-bond acceptors (Lipinski definition) is 3. The maximum atomic E-state index is 5.84. The van der Waals surface area contributed by atoms with Crippen molar-refractivity contribution in [2.75, 3.05) is 7.05 Å². The molecule has 0 unspecified atom stereocenters. The van der Waals surface area contributed by atoms with Gasteiger partial charge in [0, 0.05) is 12.0 Å². The Hall–Kier alpha value is -1.35. The Labute approximate surface area is 101 Å². The van der Waals surface area contributed by atoms with Gasteiger partial charge < -0.3 is 9.73 Å². The van der Waals surface area contributed by atoms with Crippen molar-refractivity contribution in [3.05, 3.63) is 30.2 Å². The molecule has 1 aliphatic carbocycles. The molecule has 0 bridgehead atoms. The molecule has 0 radical (unpaired) electrons. The first-order chi connectivity index (χ1) is 8.36. The summed E-state index contributed by atoms with van der Waals surface area (Å²) in [4.78, 5) is 4.60. The Bertz CT molecular complexity index is 465. The molecule has 2 aromatic rings. The Morgan fingerprint density at radius 3 is 2.65 bits per heavy atom. The second-order valence-electron chi connectivity index (χ2n) is 4.86. The van der Waals surface area contributed by atoms with E-state index in [-0.39, 0.29) is 0 Å². The summed E-state index contributed by atoms with van der Waals surface area (Å²) in [6.07, 6.45) is 4.80. The minimum atomic E-state index is 0.506. The summed E-state index contributed by atoms with van der Waals surface area (Å²) >= 11 is 0. The summed E-state index contributed by atoms with van der Waals surface area (Å²) < 4.78 is 5.84. The average Bonchev–Trinajstić information content (AvgIpc) is 2.82. The predicted octanol–water partition coefficient (Wildman–Crippen LogP) is 3.07. The first-order valence-corrected chi connectivity index (χ1v) is 6.39. The molecule has 0 spiro atoms. The van der Waals surface area contributed by atoms with Gasteiger partial charge in [-0.15, -0.1) is 0 Å². The third-order valence-electron chi connectivity index (χ3n) is 3.80. The van der Waals surface area contributed by atoms with E-state index < -0.39 is 0 Å². The largest absolute Gasteiger partial charge is 0.440 e. The lowest BCUT2D eigenvalue weighted by atomic mass is 9.86. The van der Waals surface area contributed by atoms with Crippen LogP contribution in [0.4, 0.5) is 0 Å². The molecule has 1 heterocycles. The molecule has 0 aliphatic heterocycles. The van der Waals surface area contributed by atoms with E-state index in [4.69, 9.17) is 4.42 Å². The minimum absolute atomic E-state index is 0.506. The zero-order valence-electron chi connectivity index (χ0n) is 10.1. The first-order valence-electron chi connectivity index (χ1n) is 6.39. The average molecular weight is 230 g/mol. The Balaban J connectivity index is 1.80. The van der Waals surface area contributed by atoms with Gasteiger partial charge in [0.2, 0.25) is 0 Å². The zero-order chi connectivity index (χ0) is 11.7. The predicted molar refractivity (Wildman–Crippen MR) is 68.1 cm³/mol. The number of fused-ring (bicyclic) bond motifs is 1. The van der Waals surface area contributed by atoms with Crippen LogP contribution in [-0.2, 0) is 0 Å². The van der Waals surface area contributed by atoms with Gasteiger partial charge >= 0.3 is 0 Å².